The van der Waals surface area contributed by atoms with Crippen LogP contribution >= 0.6 is 0 Å². The predicted octanol–water partition coefficient (Wildman–Crippen LogP) is 7.35. The molecule has 4 heteroatoms. The topological polar surface area (TPSA) is 42.2 Å². The number of hydrogen-bond donors (Lipinski definition) is 1. The molecule has 0 unspecified atom stereocenters. The largest absolute Gasteiger partial charge is 0.354 e. The number of nitrogens with one attached hydrogen (secondary N) is 1. The van der Waals surface area contributed by atoms with Gasteiger partial charge in [-0.1, -0.05) is 67.8 Å². The molecule has 3 aliphatic rings. The molecule has 1 saturated carbocycles. The molecule has 0 aromatic heterocycles. The van der Waals surface area contributed by atoms with Crippen LogP contribution in [0.3, 0.4) is 0 Å². The number of fused-ring (bicyclic) bond motifs is 2. The Balaban J connectivity index is 1.57. The lowest BCUT2D eigenvalue weighted by molar-refractivity contribution is 0.365. The van der Waals surface area contributed by atoms with Gasteiger partial charge >= 0.3 is 0 Å². The van der Waals surface area contributed by atoms with Crippen LogP contribution in [0, 0.1) is 5.92 Å². The molecular weight excluding hydrogens is 428 g/mol. The molecule has 35 heavy (non-hydrogen) atoms. The normalized spacial score (nSPS) is 15.0. The molecule has 1 fully saturated rings. The monoisotopic (exact) mass is 458 g/mol. The number of benzene rings is 4. The van der Waals surface area contributed by atoms with Crippen molar-refractivity contribution in [3.63, 3.8) is 0 Å². The molecule has 0 spiro atoms. The van der Waals surface area contributed by atoms with E-state index in [1.807, 2.05) is 12.1 Å². The fraction of sp³-hybridized carbons (Fsp3) is 0.226. The maximum Gasteiger partial charge on any atom is 0.0900 e. The second-order valence-electron chi connectivity index (χ2n) is 9.47. The first kappa shape index (κ1) is 21.6. The van der Waals surface area contributed by atoms with Gasteiger partial charge in [-0.25, -0.2) is 4.98 Å². The molecule has 174 valence electrons. The van der Waals surface area contributed by atoms with Crippen LogP contribution in [0.15, 0.2) is 102 Å². The Morgan fingerprint density at radius 3 is 2.31 bits per heavy atom. The fourth-order valence-electron chi connectivity index (χ4n) is 5.20. The average molecular weight is 459 g/mol. The van der Waals surface area contributed by atoms with E-state index in [4.69, 9.17) is 9.98 Å². The number of hydrogen-bond acceptors (Lipinski definition) is 3. The van der Waals surface area contributed by atoms with Gasteiger partial charge in [-0.3, -0.25) is 4.99 Å². The lowest BCUT2D eigenvalue weighted by atomic mass is 9.89. The van der Waals surface area contributed by atoms with Gasteiger partial charge in [0.25, 0.3) is 0 Å². The fourth-order valence-corrected chi connectivity index (χ4v) is 5.20. The van der Waals surface area contributed by atoms with Crippen LogP contribution < -0.4 is 10.7 Å². The SMILES string of the molecule is c1ccc(Nc2cc3nc4ccccc4n(-c4ccccc4)c-3cc2=NCC2CCCCC2)cc1. The summed E-state index contributed by atoms with van der Waals surface area (Å²) in [4.78, 5) is 10.2. The average Bonchev–Trinajstić information content (AvgIpc) is 2.92. The Labute approximate surface area is 206 Å². The highest BCUT2D eigenvalue weighted by Gasteiger charge is 2.17. The highest BCUT2D eigenvalue weighted by Crippen LogP contribution is 2.30. The van der Waals surface area contributed by atoms with Crippen molar-refractivity contribution in [3.8, 4) is 17.1 Å². The Hall–Kier alpha value is -3.92. The molecule has 4 nitrogen and oxygen atoms in total. The lowest BCUT2D eigenvalue weighted by Crippen LogP contribution is -2.17. The predicted molar refractivity (Wildman–Crippen MR) is 144 cm³/mol. The van der Waals surface area contributed by atoms with Crippen molar-refractivity contribution in [1.29, 1.82) is 0 Å². The summed E-state index contributed by atoms with van der Waals surface area (Å²) in [5.41, 5.74) is 7.26. The maximum absolute atomic E-state index is 5.19. The number of nitrogens with zero attached hydrogens (tertiary/aromatic N) is 3. The van der Waals surface area contributed by atoms with E-state index in [0.29, 0.717) is 5.92 Å². The van der Waals surface area contributed by atoms with Crippen LogP contribution in [0.5, 0.6) is 0 Å². The second-order valence-corrected chi connectivity index (χ2v) is 9.47. The van der Waals surface area contributed by atoms with Gasteiger partial charge in [-0.15, -0.1) is 0 Å². The standard InChI is InChI=1S/C31H30N4/c1-4-12-23(13-5-1)22-32-27-21-31-29(20-28(27)33-24-14-6-2-7-15-24)34-26-18-10-11-19-30(26)35(31)25-16-8-3-9-17-25/h2-3,6-11,14-21,23,33H,1,4-5,12-13,22H2. The summed E-state index contributed by atoms with van der Waals surface area (Å²) in [5.74, 6) is 0.681. The number of aromatic nitrogens is 2. The summed E-state index contributed by atoms with van der Waals surface area (Å²) < 4.78 is 2.31. The summed E-state index contributed by atoms with van der Waals surface area (Å²) in [7, 11) is 0. The van der Waals surface area contributed by atoms with E-state index in [-0.39, 0.29) is 0 Å². The highest BCUT2D eigenvalue weighted by molar-refractivity contribution is 5.84. The molecular formula is C31H30N4. The van der Waals surface area contributed by atoms with E-state index in [2.05, 4.69) is 94.8 Å². The summed E-state index contributed by atoms with van der Waals surface area (Å²) in [6.07, 6.45) is 6.60. The summed E-state index contributed by atoms with van der Waals surface area (Å²) in [6, 6.07) is 33.6. The van der Waals surface area contributed by atoms with Crippen molar-refractivity contribution in [2.45, 2.75) is 32.1 Å². The van der Waals surface area contributed by atoms with Crippen LogP contribution in [-0.4, -0.2) is 16.1 Å². The number of para-hydroxylation sites is 4. The number of anilines is 2. The van der Waals surface area contributed by atoms with E-state index >= 15 is 0 Å². The minimum atomic E-state index is 0.681. The van der Waals surface area contributed by atoms with E-state index in [1.165, 1.54) is 32.1 Å². The van der Waals surface area contributed by atoms with Crippen molar-refractivity contribution in [3.05, 3.63) is 102 Å². The van der Waals surface area contributed by atoms with Crippen LogP contribution in [0.2, 0.25) is 0 Å². The molecule has 1 N–H and O–H groups in total. The van der Waals surface area contributed by atoms with Gasteiger partial charge in [-0.2, -0.15) is 0 Å². The maximum atomic E-state index is 5.19. The Morgan fingerprint density at radius 1 is 0.800 bits per heavy atom. The molecule has 0 atom stereocenters. The molecule has 3 aromatic carbocycles. The second kappa shape index (κ2) is 9.75. The van der Waals surface area contributed by atoms with E-state index < -0.39 is 0 Å². The van der Waals surface area contributed by atoms with E-state index in [9.17, 15) is 0 Å². The van der Waals surface area contributed by atoms with Gasteiger partial charge in [0.1, 0.15) is 0 Å². The van der Waals surface area contributed by atoms with E-state index in [0.717, 1.165) is 51.4 Å². The van der Waals surface area contributed by atoms with Crippen LogP contribution in [0.4, 0.5) is 11.4 Å². The minimum absolute atomic E-state index is 0.681. The molecule has 6 rings (SSSR count). The van der Waals surface area contributed by atoms with Crippen LogP contribution in [0.25, 0.3) is 28.1 Å². The van der Waals surface area contributed by atoms with Gasteiger partial charge < -0.3 is 9.88 Å². The third-order valence-corrected chi connectivity index (χ3v) is 7.01. The zero-order chi connectivity index (χ0) is 23.5. The summed E-state index contributed by atoms with van der Waals surface area (Å²) >= 11 is 0. The van der Waals surface area contributed by atoms with Gasteiger partial charge in [-0.05, 0) is 67.3 Å². The highest BCUT2D eigenvalue weighted by atomic mass is 15.0. The van der Waals surface area contributed by atoms with Gasteiger partial charge in [0, 0.05) is 17.9 Å². The zero-order valence-electron chi connectivity index (χ0n) is 19.9. The molecule has 3 aromatic rings. The summed E-state index contributed by atoms with van der Waals surface area (Å²) in [5, 5.41) is 4.61. The lowest BCUT2D eigenvalue weighted by Gasteiger charge is -2.21. The van der Waals surface area contributed by atoms with Gasteiger partial charge in [0.2, 0.25) is 0 Å². The molecule has 0 radical (unpaired) electrons. The van der Waals surface area contributed by atoms with Crippen LogP contribution in [0.1, 0.15) is 32.1 Å². The van der Waals surface area contributed by atoms with Crippen molar-refractivity contribution < 1.29 is 0 Å². The molecule has 2 aliphatic carbocycles. The van der Waals surface area contributed by atoms with Crippen molar-refractivity contribution >= 4 is 22.4 Å². The molecule has 1 aliphatic heterocycles. The van der Waals surface area contributed by atoms with Crippen molar-refractivity contribution in [2.75, 3.05) is 11.9 Å². The minimum Gasteiger partial charge on any atom is -0.354 e. The zero-order valence-corrected chi connectivity index (χ0v) is 19.9. The Bertz CT molecular complexity index is 1470. The first-order chi connectivity index (χ1) is 17.3. The quantitative estimate of drug-likeness (QED) is 0.280. The van der Waals surface area contributed by atoms with Crippen molar-refractivity contribution in [1.82, 2.24) is 9.55 Å². The number of rotatable bonds is 5. The molecule has 0 saturated heterocycles. The smallest absolute Gasteiger partial charge is 0.0900 e. The van der Waals surface area contributed by atoms with E-state index in [1.54, 1.807) is 0 Å². The molecule has 1 heterocycles. The third-order valence-electron chi connectivity index (χ3n) is 7.01. The Morgan fingerprint density at radius 2 is 1.51 bits per heavy atom. The van der Waals surface area contributed by atoms with Gasteiger partial charge in [0.05, 0.1) is 33.5 Å². The molecule has 0 amide bonds. The van der Waals surface area contributed by atoms with Crippen LogP contribution in [-0.2, 0) is 0 Å². The first-order valence-corrected chi connectivity index (χ1v) is 12.7. The third kappa shape index (κ3) is 4.57. The first-order valence-electron chi connectivity index (χ1n) is 12.7. The van der Waals surface area contributed by atoms with Crippen molar-refractivity contribution in [2.24, 2.45) is 10.9 Å². The molecule has 0 bridgehead atoms. The van der Waals surface area contributed by atoms with Gasteiger partial charge in [0.15, 0.2) is 0 Å². The Kier molecular flexibility index (Phi) is 6.02. The summed E-state index contributed by atoms with van der Waals surface area (Å²) in [6.45, 7) is 0.876.